The molecule has 0 saturated carbocycles. The van der Waals surface area contributed by atoms with Crippen molar-refractivity contribution in [2.24, 2.45) is 0 Å². The van der Waals surface area contributed by atoms with Gasteiger partial charge in [0.15, 0.2) is 5.78 Å². The van der Waals surface area contributed by atoms with Crippen molar-refractivity contribution in [2.75, 3.05) is 14.2 Å². The Balaban J connectivity index is 2.58. The molecule has 0 spiro atoms. The summed E-state index contributed by atoms with van der Waals surface area (Å²) >= 11 is 0. The number of Topliss-reactive ketones (excluding diaryl/α,β-unsaturated/α-hetero) is 1. The first kappa shape index (κ1) is 13.7. The number of carbonyl (C=O) groups is 1. The van der Waals surface area contributed by atoms with E-state index in [4.69, 9.17) is 9.47 Å². The molecule has 0 N–H and O–H groups in total. The van der Waals surface area contributed by atoms with E-state index in [1.165, 1.54) is 0 Å². The van der Waals surface area contributed by atoms with Gasteiger partial charge in [-0.25, -0.2) is 0 Å². The van der Waals surface area contributed by atoms with Crippen LogP contribution in [0.25, 0.3) is 0 Å². The minimum atomic E-state index is -0.248. The fourth-order valence-electron chi connectivity index (χ4n) is 1.44. The molecule has 0 aliphatic carbocycles. The van der Waals surface area contributed by atoms with Crippen LogP contribution in [0.1, 0.15) is 37.0 Å². The van der Waals surface area contributed by atoms with E-state index in [9.17, 15) is 4.79 Å². The first-order valence-corrected chi connectivity index (χ1v) is 5.71. The van der Waals surface area contributed by atoms with Gasteiger partial charge in [-0.3, -0.25) is 4.79 Å². The molecule has 0 heterocycles. The molecule has 0 aliphatic heterocycles. The monoisotopic (exact) mass is 236 g/mol. The third-order valence-electron chi connectivity index (χ3n) is 2.92. The third-order valence-corrected chi connectivity index (χ3v) is 2.92. The van der Waals surface area contributed by atoms with E-state index < -0.39 is 0 Å². The normalized spacial score (nSPS) is 11.3. The van der Waals surface area contributed by atoms with E-state index in [-0.39, 0.29) is 11.4 Å². The quantitative estimate of drug-likeness (QED) is 0.712. The molecule has 0 radical (unpaired) electrons. The first-order valence-electron chi connectivity index (χ1n) is 5.71. The smallest absolute Gasteiger partial charge is 0.162 e. The highest BCUT2D eigenvalue weighted by Gasteiger charge is 2.18. The van der Waals surface area contributed by atoms with Crippen LogP contribution >= 0.6 is 0 Å². The summed E-state index contributed by atoms with van der Waals surface area (Å²) in [5.74, 6) is 0.900. The van der Waals surface area contributed by atoms with Gasteiger partial charge in [0, 0.05) is 19.1 Å². The minimum absolute atomic E-state index is 0.137. The fourth-order valence-corrected chi connectivity index (χ4v) is 1.44. The number of carbonyl (C=O) groups excluding carboxylic acids is 1. The van der Waals surface area contributed by atoms with E-state index in [0.717, 1.165) is 11.3 Å². The number of methoxy groups -OCH3 is 2. The molecule has 0 saturated heterocycles. The van der Waals surface area contributed by atoms with Crippen molar-refractivity contribution in [2.45, 2.75) is 32.3 Å². The number of ether oxygens (including phenoxy) is 2. The van der Waals surface area contributed by atoms with Crippen molar-refractivity contribution in [1.29, 1.82) is 0 Å². The number of hydrogen-bond acceptors (Lipinski definition) is 3. The van der Waals surface area contributed by atoms with Crippen LogP contribution < -0.4 is 4.74 Å². The largest absolute Gasteiger partial charge is 0.497 e. The summed E-state index contributed by atoms with van der Waals surface area (Å²) < 4.78 is 10.3. The van der Waals surface area contributed by atoms with Gasteiger partial charge in [0.1, 0.15) is 5.75 Å². The van der Waals surface area contributed by atoms with Crippen LogP contribution in [-0.4, -0.2) is 25.6 Å². The van der Waals surface area contributed by atoms with Crippen LogP contribution in [-0.2, 0) is 4.74 Å². The molecule has 0 amide bonds. The summed E-state index contributed by atoms with van der Waals surface area (Å²) in [4.78, 5) is 11.9. The zero-order chi connectivity index (χ0) is 12.9. The molecule has 0 atom stereocenters. The number of hydrogen-bond donors (Lipinski definition) is 0. The Morgan fingerprint density at radius 1 is 1.18 bits per heavy atom. The zero-order valence-electron chi connectivity index (χ0n) is 10.9. The van der Waals surface area contributed by atoms with E-state index in [0.29, 0.717) is 12.8 Å². The van der Waals surface area contributed by atoms with Crippen molar-refractivity contribution in [3.63, 3.8) is 0 Å². The third kappa shape index (κ3) is 4.19. The molecule has 0 unspecified atom stereocenters. The van der Waals surface area contributed by atoms with Crippen LogP contribution in [0, 0.1) is 0 Å². The molecule has 94 valence electrons. The average molecular weight is 236 g/mol. The van der Waals surface area contributed by atoms with E-state index in [1.807, 2.05) is 13.8 Å². The summed E-state index contributed by atoms with van der Waals surface area (Å²) in [7, 11) is 3.27. The maximum Gasteiger partial charge on any atom is 0.162 e. The number of benzene rings is 1. The fraction of sp³-hybridized carbons (Fsp3) is 0.500. The van der Waals surface area contributed by atoms with Crippen LogP contribution in [0.3, 0.4) is 0 Å². The molecule has 0 bridgehead atoms. The summed E-state index contributed by atoms with van der Waals surface area (Å²) in [6.45, 7) is 3.96. The maximum atomic E-state index is 11.9. The second kappa shape index (κ2) is 5.82. The average Bonchev–Trinajstić information content (AvgIpc) is 2.36. The summed E-state index contributed by atoms with van der Waals surface area (Å²) in [5.41, 5.74) is 0.472. The van der Waals surface area contributed by atoms with Crippen molar-refractivity contribution in [3.8, 4) is 5.75 Å². The van der Waals surface area contributed by atoms with Gasteiger partial charge in [-0.15, -0.1) is 0 Å². The van der Waals surface area contributed by atoms with Crippen molar-refractivity contribution in [3.05, 3.63) is 29.8 Å². The summed E-state index contributed by atoms with van der Waals surface area (Å²) in [6, 6.07) is 7.19. The highest BCUT2D eigenvalue weighted by molar-refractivity contribution is 5.96. The first-order chi connectivity index (χ1) is 7.98. The SMILES string of the molecule is COc1ccc(C(=O)CCC(C)(C)OC)cc1. The van der Waals surface area contributed by atoms with E-state index in [1.54, 1.807) is 38.5 Å². The Bertz CT molecular complexity index is 366. The molecular formula is C14H20O3. The molecule has 0 aromatic heterocycles. The highest BCUT2D eigenvalue weighted by atomic mass is 16.5. The van der Waals surface area contributed by atoms with Crippen LogP contribution in [0.5, 0.6) is 5.75 Å². The van der Waals surface area contributed by atoms with Gasteiger partial charge in [0.2, 0.25) is 0 Å². The second-order valence-electron chi connectivity index (χ2n) is 4.62. The standard InChI is InChI=1S/C14H20O3/c1-14(2,17-4)10-9-13(15)11-5-7-12(16-3)8-6-11/h5-8H,9-10H2,1-4H3. The Kier molecular flexibility index (Phi) is 4.70. The summed E-state index contributed by atoms with van der Waals surface area (Å²) in [6.07, 6.45) is 1.21. The van der Waals surface area contributed by atoms with E-state index in [2.05, 4.69) is 0 Å². The molecule has 1 aromatic rings. The van der Waals surface area contributed by atoms with Gasteiger partial charge in [0.05, 0.1) is 12.7 Å². The Hall–Kier alpha value is -1.35. The van der Waals surface area contributed by atoms with Gasteiger partial charge >= 0.3 is 0 Å². The highest BCUT2D eigenvalue weighted by Crippen LogP contribution is 2.18. The predicted molar refractivity (Wildman–Crippen MR) is 67.6 cm³/mol. The van der Waals surface area contributed by atoms with Gasteiger partial charge in [-0.2, -0.15) is 0 Å². The van der Waals surface area contributed by atoms with Crippen LogP contribution in [0.15, 0.2) is 24.3 Å². The Morgan fingerprint density at radius 3 is 2.24 bits per heavy atom. The molecule has 0 fully saturated rings. The predicted octanol–water partition coefficient (Wildman–Crippen LogP) is 3.08. The van der Waals surface area contributed by atoms with Crippen LogP contribution in [0.4, 0.5) is 0 Å². The molecule has 1 rings (SSSR count). The number of rotatable bonds is 6. The minimum Gasteiger partial charge on any atom is -0.497 e. The Labute approximate surface area is 103 Å². The molecule has 3 nitrogen and oxygen atoms in total. The molecular weight excluding hydrogens is 216 g/mol. The lowest BCUT2D eigenvalue weighted by molar-refractivity contribution is 0.0141. The van der Waals surface area contributed by atoms with Crippen molar-refractivity contribution < 1.29 is 14.3 Å². The van der Waals surface area contributed by atoms with Gasteiger partial charge in [-0.1, -0.05) is 0 Å². The topological polar surface area (TPSA) is 35.5 Å². The maximum absolute atomic E-state index is 11.9. The van der Waals surface area contributed by atoms with Gasteiger partial charge in [0.25, 0.3) is 0 Å². The van der Waals surface area contributed by atoms with Crippen LogP contribution in [0.2, 0.25) is 0 Å². The molecule has 17 heavy (non-hydrogen) atoms. The lowest BCUT2D eigenvalue weighted by Crippen LogP contribution is -2.23. The summed E-state index contributed by atoms with van der Waals surface area (Å²) in [5, 5.41) is 0. The molecule has 1 aromatic carbocycles. The zero-order valence-corrected chi connectivity index (χ0v) is 10.9. The lowest BCUT2D eigenvalue weighted by Gasteiger charge is -2.22. The van der Waals surface area contributed by atoms with E-state index >= 15 is 0 Å². The Morgan fingerprint density at radius 2 is 1.76 bits per heavy atom. The molecule has 0 aliphatic rings. The van der Waals surface area contributed by atoms with Gasteiger partial charge in [-0.05, 0) is 44.5 Å². The molecule has 3 heteroatoms. The van der Waals surface area contributed by atoms with Gasteiger partial charge < -0.3 is 9.47 Å². The lowest BCUT2D eigenvalue weighted by atomic mass is 9.98. The number of ketones is 1. The second-order valence-corrected chi connectivity index (χ2v) is 4.62. The van der Waals surface area contributed by atoms with Crippen molar-refractivity contribution >= 4 is 5.78 Å². The van der Waals surface area contributed by atoms with Crippen molar-refractivity contribution in [1.82, 2.24) is 0 Å².